The van der Waals surface area contributed by atoms with Crippen LogP contribution in [0.15, 0.2) is 42.5 Å². The zero-order valence-electron chi connectivity index (χ0n) is 12.0. The highest BCUT2D eigenvalue weighted by Gasteiger charge is 2.13. The first kappa shape index (κ1) is 17.1. The summed E-state index contributed by atoms with van der Waals surface area (Å²) in [7, 11) is 0. The van der Waals surface area contributed by atoms with E-state index in [1.807, 2.05) is 12.1 Å². The number of hydrogen-bond acceptors (Lipinski definition) is 4. The summed E-state index contributed by atoms with van der Waals surface area (Å²) in [4.78, 5) is 8.37. The monoisotopic (exact) mass is 398 g/mol. The molecule has 0 spiro atoms. The van der Waals surface area contributed by atoms with E-state index in [0.29, 0.717) is 37.2 Å². The molecule has 4 nitrogen and oxygen atoms in total. The summed E-state index contributed by atoms with van der Waals surface area (Å²) in [5, 5.41) is 4.90. The van der Waals surface area contributed by atoms with Crippen molar-refractivity contribution in [2.24, 2.45) is 0 Å². The molecule has 3 rings (SSSR count). The predicted molar refractivity (Wildman–Crippen MR) is 102 cm³/mol. The van der Waals surface area contributed by atoms with E-state index in [1.54, 1.807) is 30.3 Å². The third kappa shape index (κ3) is 3.84. The van der Waals surface area contributed by atoms with Gasteiger partial charge >= 0.3 is 0 Å². The number of rotatable bonds is 3. The Balaban J connectivity index is 2.02. The Labute approximate surface area is 158 Å². The molecule has 3 aromatic rings. The van der Waals surface area contributed by atoms with Gasteiger partial charge in [-0.2, -0.15) is 4.98 Å². The third-order valence-corrected chi connectivity index (χ3v) is 4.40. The smallest absolute Gasteiger partial charge is 0.222 e. The SMILES string of the molecule is Nc1nc(Nc2ccc(Cl)cc2)cc(-c2cc(Cl)cc(Cl)c2Cl)n1. The van der Waals surface area contributed by atoms with Crippen LogP contribution >= 0.6 is 46.4 Å². The molecule has 8 heteroatoms. The first-order chi connectivity index (χ1) is 11.4. The topological polar surface area (TPSA) is 63.8 Å². The third-order valence-electron chi connectivity index (χ3n) is 3.13. The Morgan fingerprint density at radius 3 is 2.25 bits per heavy atom. The van der Waals surface area contributed by atoms with Crippen LogP contribution in [0, 0.1) is 0 Å². The van der Waals surface area contributed by atoms with Crippen LogP contribution in [0.4, 0.5) is 17.5 Å². The van der Waals surface area contributed by atoms with Gasteiger partial charge in [-0.1, -0.05) is 46.4 Å². The summed E-state index contributed by atoms with van der Waals surface area (Å²) in [6.07, 6.45) is 0. The Morgan fingerprint density at radius 1 is 0.833 bits per heavy atom. The number of nitrogen functional groups attached to an aromatic ring is 1. The molecule has 0 saturated heterocycles. The van der Waals surface area contributed by atoms with Gasteiger partial charge in [0, 0.05) is 27.4 Å². The van der Waals surface area contributed by atoms with Gasteiger partial charge in [0.25, 0.3) is 0 Å². The number of benzene rings is 2. The average Bonchev–Trinajstić information content (AvgIpc) is 2.52. The standard InChI is InChI=1S/C16H10Cl4N4/c17-8-1-3-10(4-2-8)22-14-7-13(23-16(21)24-14)11-5-9(18)6-12(19)15(11)20/h1-7H,(H3,21,22,23,24). The van der Waals surface area contributed by atoms with Crippen LogP contribution in [-0.4, -0.2) is 9.97 Å². The largest absolute Gasteiger partial charge is 0.368 e. The van der Waals surface area contributed by atoms with Crippen molar-refractivity contribution >= 4 is 63.9 Å². The summed E-state index contributed by atoms with van der Waals surface area (Å²) in [5.41, 5.74) is 7.69. The van der Waals surface area contributed by atoms with Gasteiger partial charge in [0.15, 0.2) is 0 Å². The zero-order chi connectivity index (χ0) is 17.3. The van der Waals surface area contributed by atoms with E-state index in [-0.39, 0.29) is 5.95 Å². The fraction of sp³-hybridized carbons (Fsp3) is 0. The van der Waals surface area contributed by atoms with Crippen molar-refractivity contribution in [3.05, 3.63) is 62.6 Å². The van der Waals surface area contributed by atoms with Crippen molar-refractivity contribution < 1.29 is 0 Å². The lowest BCUT2D eigenvalue weighted by Gasteiger charge is -2.10. The summed E-state index contributed by atoms with van der Waals surface area (Å²) in [5.74, 6) is 0.600. The number of aromatic nitrogens is 2. The molecule has 0 atom stereocenters. The van der Waals surface area contributed by atoms with Gasteiger partial charge in [-0.3, -0.25) is 0 Å². The van der Waals surface area contributed by atoms with Crippen molar-refractivity contribution in [3.8, 4) is 11.3 Å². The fourth-order valence-corrected chi connectivity index (χ4v) is 2.92. The molecular weight excluding hydrogens is 390 g/mol. The molecule has 0 fully saturated rings. The molecule has 0 radical (unpaired) electrons. The van der Waals surface area contributed by atoms with E-state index in [1.165, 1.54) is 0 Å². The molecule has 0 aliphatic rings. The first-order valence-electron chi connectivity index (χ1n) is 6.74. The molecule has 0 bridgehead atoms. The van der Waals surface area contributed by atoms with E-state index < -0.39 is 0 Å². The fourth-order valence-electron chi connectivity index (χ4n) is 2.09. The first-order valence-corrected chi connectivity index (χ1v) is 8.25. The van der Waals surface area contributed by atoms with Crippen LogP contribution in [0.3, 0.4) is 0 Å². The lowest BCUT2D eigenvalue weighted by Crippen LogP contribution is -2.01. The molecule has 3 N–H and O–H groups in total. The van der Waals surface area contributed by atoms with Crippen LogP contribution in [0.25, 0.3) is 11.3 Å². The lowest BCUT2D eigenvalue weighted by molar-refractivity contribution is 1.19. The summed E-state index contributed by atoms with van der Waals surface area (Å²) < 4.78 is 0. The second-order valence-corrected chi connectivity index (χ2v) is 6.54. The quantitative estimate of drug-likeness (QED) is 0.523. The highest BCUT2D eigenvalue weighted by Crippen LogP contribution is 2.36. The maximum Gasteiger partial charge on any atom is 0.222 e. The number of halogens is 4. The number of hydrogen-bond donors (Lipinski definition) is 2. The second kappa shape index (κ2) is 7.03. The van der Waals surface area contributed by atoms with Gasteiger partial charge in [-0.15, -0.1) is 0 Å². The Hall–Kier alpha value is -1.72. The van der Waals surface area contributed by atoms with E-state index in [0.717, 1.165) is 5.69 Å². The van der Waals surface area contributed by atoms with Crippen molar-refractivity contribution in [1.29, 1.82) is 0 Å². The molecule has 0 unspecified atom stereocenters. The molecule has 2 aromatic carbocycles. The average molecular weight is 400 g/mol. The number of nitrogens with one attached hydrogen (secondary N) is 1. The van der Waals surface area contributed by atoms with Crippen LogP contribution in [0.1, 0.15) is 0 Å². The molecule has 0 saturated carbocycles. The van der Waals surface area contributed by atoms with E-state index in [4.69, 9.17) is 52.1 Å². The van der Waals surface area contributed by atoms with Crippen LogP contribution in [0.5, 0.6) is 0 Å². The molecule has 0 aliphatic carbocycles. The van der Waals surface area contributed by atoms with Crippen molar-refractivity contribution in [3.63, 3.8) is 0 Å². The maximum atomic E-state index is 6.26. The maximum absolute atomic E-state index is 6.26. The van der Waals surface area contributed by atoms with Crippen LogP contribution < -0.4 is 11.1 Å². The minimum Gasteiger partial charge on any atom is -0.368 e. The van der Waals surface area contributed by atoms with Crippen molar-refractivity contribution in [1.82, 2.24) is 9.97 Å². The molecule has 0 amide bonds. The van der Waals surface area contributed by atoms with Crippen LogP contribution in [-0.2, 0) is 0 Å². The number of nitrogens with zero attached hydrogens (tertiary/aromatic N) is 2. The highest BCUT2D eigenvalue weighted by atomic mass is 35.5. The lowest BCUT2D eigenvalue weighted by atomic mass is 10.1. The Bertz CT molecular complexity index is 897. The second-order valence-electron chi connectivity index (χ2n) is 4.88. The minimum absolute atomic E-state index is 0.0936. The number of nitrogens with two attached hydrogens (primary N) is 1. The van der Waals surface area contributed by atoms with Crippen LogP contribution in [0.2, 0.25) is 20.1 Å². The van der Waals surface area contributed by atoms with Gasteiger partial charge in [0.1, 0.15) is 5.82 Å². The van der Waals surface area contributed by atoms with Gasteiger partial charge in [0.2, 0.25) is 5.95 Å². The van der Waals surface area contributed by atoms with Gasteiger partial charge in [-0.05, 0) is 36.4 Å². The van der Waals surface area contributed by atoms with Gasteiger partial charge in [-0.25, -0.2) is 4.98 Å². The molecule has 24 heavy (non-hydrogen) atoms. The summed E-state index contributed by atoms with van der Waals surface area (Å²) in [6.45, 7) is 0. The minimum atomic E-state index is 0.0936. The molecule has 0 aliphatic heterocycles. The van der Waals surface area contributed by atoms with Gasteiger partial charge < -0.3 is 11.1 Å². The summed E-state index contributed by atoms with van der Waals surface area (Å²) >= 11 is 24.3. The molecule has 1 heterocycles. The van der Waals surface area contributed by atoms with Gasteiger partial charge in [0.05, 0.1) is 15.7 Å². The predicted octanol–water partition coefficient (Wildman–Crippen LogP) is 6.08. The Morgan fingerprint density at radius 2 is 1.54 bits per heavy atom. The molecule has 122 valence electrons. The highest BCUT2D eigenvalue weighted by molar-refractivity contribution is 6.45. The van der Waals surface area contributed by atoms with E-state index in [9.17, 15) is 0 Å². The van der Waals surface area contributed by atoms with E-state index >= 15 is 0 Å². The summed E-state index contributed by atoms with van der Waals surface area (Å²) in [6, 6.07) is 12.1. The van der Waals surface area contributed by atoms with Crippen molar-refractivity contribution in [2.45, 2.75) is 0 Å². The molecular formula is C16H10Cl4N4. The Kier molecular flexibility index (Phi) is 5.01. The number of anilines is 3. The molecule has 1 aromatic heterocycles. The zero-order valence-corrected chi connectivity index (χ0v) is 15.0. The van der Waals surface area contributed by atoms with Crippen molar-refractivity contribution in [2.75, 3.05) is 11.1 Å². The van der Waals surface area contributed by atoms with E-state index in [2.05, 4.69) is 15.3 Å². The normalized spacial score (nSPS) is 10.7.